The van der Waals surface area contributed by atoms with Gasteiger partial charge in [-0.1, -0.05) is 18.1 Å². The molecule has 0 radical (unpaired) electrons. The summed E-state index contributed by atoms with van der Waals surface area (Å²) in [5.41, 5.74) is 1.42. The molecule has 0 aromatic carbocycles. The third-order valence-electron chi connectivity index (χ3n) is 1.01. The molecule has 9 heavy (non-hydrogen) atoms. The molecule has 0 spiro atoms. The second kappa shape index (κ2) is 8.34. The van der Waals surface area contributed by atoms with Gasteiger partial charge in [0.05, 0.1) is 0 Å². The maximum absolute atomic E-state index is 3.75. The van der Waals surface area contributed by atoms with Crippen molar-refractivity contribution in [1.82, 2.24) is 0 Å². The molecule has 0 saturated heterocycles. The third-order valence-corrected chi connectivity index (χ3v) is 1.01. The van der Waals surface area contributed by atoms with Gasteiger partial charge in [-0.2, -0.15) is 6.42 Å². The van der Waals surface area contributed by atoms with E-state index >= 15 is 0 Å². The quantitative estimate of drug-likeness (QED) is 0.211. The summed E-state index contributed by atoms with van der Waals surface area (Å²) in [6, 6.07) is 0. The fourth-order valence-corrected chi connectivity index (χ4v) is 0.535. The molecule has 0 unspecified atom stereocenters. The Morgan fingerprint density at radius 3 is 2.33 bits per heavy atom. The van der Waals surface area contributed by atoms with Gasteiger partial charge in [0, 0.05) is 0 Å². The van der Waals surface area contributed by atoms with E-state index in [-0.39, 0.29) is 18.9 Å². The minimum atomic E-state index is 0. The van der Waals surface area contributed by atoms with Crippen LogP contribution in [-0.2, 0) is 0 Å². The Morgan fingerprint density at radius 2 is 2.00 bits per heavy atom. The van der Waals surface area contributed by atoms with Gasteiger partial charge in [-0.05, 0) is 20.3 Å². The molecule has 0 fully saturated rings. The first-order valence-electron chi connectivity index (χ1n) is 3.20. The first-order chi connectivity index (χ1) is 3.77. The van der Waals surface area contributed by atoms with Crippen LogP contribution in [0.1, 0.15) is 33.1 Å². The van der Waals surface area contributed by atoms with Gasteiger partial charge in [0.1, 0.15) is 0 Å². The molecule has 0 heterocycles. The second-order valence-corrected chi connectivity index (χ2v) is 2.28. The largest absolute Gasteiger partial charge is 1.00 e. The molecule has 48 valence electrons. The van der Waals surface area contributed by atoms with Crippen molar-refractivity contribution in [2.45, 2.75) is 33.1 Å². The Labute approximate surface area is 70.9 Å². The molecule has 0 aliphatic carbocycles. The van der Waals surface area contributed by atoms with Gasteiger partial charge in [0.25, 0.3) is 0 Å². The van der Waals surface area contributed by atoms with E-state index in [1.54, 1.807) is 0 Å². The average Bonchev–Trinajstić information content (AvgIpc) is 1.66. The molecule has 0 amide bonds. The Hall–Kier alpha value is 0.337. The molecule has 0 atom stereocenters. The molecular formula is C8H15Li. The molecule has 0 aromatic heterocycles. The first-order valence-corrected chi connectivity index (χ1v) is 3.20. The van der Waals surface area contributed by atoms with Crippen molar-refractivity contribution in [1.29, 1.82) is 0 Å². The summed E-state index contributed by atoms with van der Waals surface area (Å²) < 4.78 is 0. The normalized spacial score (nSPS) is 7.89. The Morgan fingerprint density at radius 1 is 1.44 bits per heavy atom. The predicted molar refractivity (Wildman–Crippen MR) is 38.6 cm³/mol. The van der Waals surface area contributed by atoms with E-state index in [1.807, 2.05) is 0 Å². The monoisotopic (exact) mass is 118 g/mol. The van der Waals surface area contributed by atoms with Crippen molar-refractivity contribution in [3.05, 3.63) is 18.6 Å². The second-order valence-electron chi connectivity index (χ2n) is 2.28. The van der Waals surface area contributed by atoms with Crippen LogP contribution in [0.2, 0.25) is 0 Å². The van der Waals surface area contributed by atoms with Crippen LogP contribution in [0.3, 0.4) is 0 Å². The summed E-state index contributed by atoms with van der Waals surface area (Å²) in [6.07, 6.45) is 5.74. The number of unbranched alkanes of at least 4 members (excludes halogenated alkanes) is 2. The summed E-state index contributed by atoms with van der Waals surface area (Å²) in [6.45, 7) is 8.01. The molecule has 0 aliphatic heterocycles. The van der Waals surface area contributed by atoms with Gasteiger partial charge in [0.15, 0.2) is 0 Å². The number of hydrogen-bond donors (Lipinski definition) is 0. The van der Waals surface area contributed by atoms with Crippen LogP contribution in [0, 0.1) is 6.92 Å². The summed E-state index contributed by atoms with van der Waals surface area (Å²) in [7, 11) is 0. The maximum atomic E-state index is 3.75. The van der Waals surface area contributed by atoms with Crippen molar-refractivity contribution in [3.63, 3.8) is 0 Å². The molecule has 0 bridgehead atoms. The molecular weight excluding hydrogens is 103 g/mol. The molecule has 0 N–H and O–H groups in total. The number of hydrogen-bond acceptors (Lipinski definition) is 0. The van der Waals surface area contributed by atoms with Crippen LogP contribution in [0.15, 0.2) is 11.6 Å². The Kier molecular flexibility index (Phi) is 11.2. The van der Waals surface area contributed by atoms with E-state index in [4.69, 9.17) is 0 Å². The van der Waals surface area contributed by atoms with Gasteiger partial charge >= 0.3 is 18.9 Å². The Balaban J connectivity index is 0. The van der Waals surface area contributed by atoms with Gasteiger partial charge in [-0.25, -0.2) is 0 Å². The summed E-state index contributed by atoms with van der Waals surface area (Å²) in [5.74, 6) is 0. The van der Waals surface area contributed by atoms with Crippen molar-refractivity contribution in [2.24, 2.45) is 0 Å². The van der Waals surface area contributed by atoms with Gasteiger partial charge in [-0.3, -0.25) is 0 Å². The van der Waals surface area contributed by atoms with Gasteiger partial charge < -0.3 is 6.92 Å². The van der Waals surface area contributed by atoms with E-state index in [0.717, 1.165) is 6.42 Å². The van der Waals surface area contributed by atoms with Crippen LogP contribution in [0.25, 0.3) is 0 Å². The molecule has 0 rings (SSSR count). The summed E-state index contributed by atoms with van der Waals surface area (Å²) >= 11 is 0. The average molecular weight is 118 g/mol. The van der Waals surface area contributed by atoms with Crippen LogP contribution in [-0.4, -0.2) is 0 Å². The predicted octanol–water partition coefficient (Wildman–Crippen LogP) is -0.0390. The van der Waals surface area contributed by atoms with Crippen molar-refractivity contribution >= 4 is 0 Å². The minimum Gasteiger partial charge on any atom is -0.343 e. The van der Waals surface area contributed by atoms with Crippen LogP contribution in [0.5, 0.6) is 0 Å². The zero-order chi connectivity index (χ0) is 6.41. The fraction of sp³-hybridized carbons (Fsp3) is 0.625. The Bertz CT molecular complexity index is 70.6. The van der Waals surface area contributed by atoms with E-state index < -0.39 is 0 Å². The molecule has 0 aromatic rings. The number of rotatable bonds is 3. The molecule has 1 heteroatoms. The van der Waals surface area contributed by atoms with Gasteiger partial charge in [0.2, 0.25) is 0 Å². The SMILES string of the molecule is [CH2-]CCCC=C(C)C.[Li+]. The van der Waals surface area contributed by atoms with Crippen LogP contribution < -0.4 is 18.9 Å². The first kappa shape index (κ1) is 12.1. The third kappa shape index (κ3) is 11.8. The van der Waals surface area contributed by atoms with Gasteiger partial charge in [-0.15, -0.1) is 0 Å². The minimum absolute atomic E-state index is 0. The van der Waals surface area contributed by atoms with Crippen molar-refractivity contribution in [3.8, 4) is 0 Å². The van der Waals surface area contributed by atoms with Crippen LogP contribution >= 0.6 is 0 Å². The van der Waals surface area contributed by atoms with E-state index in [2.05, 4.69) is 26.8 Å². The zero-order valence-corrected chi connectivity index (χ0v) is 6.91. The zero-order valence-electron chi connectivity index (χ0n) is 6.91. The molecule has 0 aliphatic rings. The topological polar surface area (TPSA) is 0 Å². The molecule has 0 nitrogen and oxygen atoms in total. The summed E-state index contributed by atoms with van der Waals surface area (Å²) in [4.78, 5) is 0. The maximum Gasteiger partial charge on any atom is 1.00 e. The number of allylic oxidation sites excluding steroid dienone is 2. The smallest absolute Gasteiger partial charge is 0.343 e. The standard InChI is InChI=1S/C8H15.Li/c1-4-5-6-7-8(2)3;/h7H,1,4-6H2,2-3H3;/q-1;+1. The van der Waals surface area contributed by atoms with Crippen molar-refractivity contribution in [2.75, 3.05) is 0 Å². The van der Waals surface area contributed by atoms with Crippen LogP contribution in [0.4, 0.5) is 0 Å². The van der Waals surface area contributed by atoms with E-state index in [0.29, 0.717) is 0 Å². The summed E-state index contributed by atoms with van der Waals surface area (Å²) in [5, 5.41) is 0. The fourth-order valence-electron chi connectivity index (χ4n) is 0.535. The van der Waals surface area contributed by atoms with Crippen molar-refractivity contribution < 1.29 is 18.9 Å². The van der Waals surface area contributed by atoms with E-state index in [1.165, 1.54) is 18.4 Å². The van der Waals surface area contributed by atoms with E-state index in [9.17, 15) is 0 Å². The molecule has 0 saturated carbocycles.